The lowest BCUT2D eigenvalue weighted by Gasteiger charge is -2.13. The number of rotatable bonds is 3. The van der Waals surface area contributed by atoms with Gasteiger partial charge in [0, 0.05) is 0 Å². The van der Waals surface area contributed by atoms with Gasteiger partial charge in [0.2, 0.25) is 0 Å². The quantitative estimate of drug-likeness (QED) is 0.775. The molecule has 0 bridgehead atoms. The number of halogens is 1. The average molecular weight is 285 g/mol. The van der Waals surface area contributed by atoms with Gasteiger partial charge in [0.05, 0.1) is 17.4 Å². The van der Waals surface area contributed by atoms with E-state index in [4.69, 9.17) is 0 Å². The smallest absolute Gasteiger partial charge is 0.339 e. The Morgan fingerprint density at radius 1 is 1.33 bits per heavy atom. The first kappa shape index (κ1) is 13.1. The number of imidazole rings is 1. The van der Waals surface area contributed by atoms with Crippen molar-refractivity contribution in [3.05, 3.63) is 59.8 Å². The number of hydrogen-bond donors (Lipinski definition) is 2. The fourth-order valence-corrected chi connectivity index (χ4v) is 2.14. The Kier molecular flexibility index (Phi) is 3.06. The van der Waals surface area contributed by atoms with Crippen molar-refractivity contribution in [3.63, 3.8) is 0 Å². The minimum Gasteiger partial charge on any atom is -0.478 e. The molecule has 0 aliphatic carbocycles. The molecular weight excluding hydrogens is 273 g/mol. The van der Waals surface area contributed by atoms with Gasteiger partial charge in [-0.25, -0.2) is 14.2 Å². The summed E-state index contributed by atoms with van der Waals surface area (Å²) in [6.45, 7) is 1.78. The summed E-state index contributed by atoms with van der Waals surface area (Å²) in [5.74, 6) is -1.27. The van der Waals surface area contributed by atoms with Crippen molar-refractivity contribution in [2.75, 3.05) is 5.32 Å². The van der Waals surface area contributed by atoms with Gasteiger partial charge in [-0.1, -0.05) is 6.07 Å². The van der Waals surface area contributed by atoms with Crippen LogP contribution in [0.5, 0.6) is 0 Å². The molecule has 0 fully saturated rings. The van der Waals surface area contributed by atoms with Gasteiger partial charge in [-0.3, -0.25) is 4.40 Å². The van der Waals surface area contributed by atoms with Crippen LogP contribution in [0.3, 0.4) is 0 Å². The molecule has 0 amide bonds. The van der Waals surface area contributed by atoms with E-state index in [0.29, 0.717) is 0 Å². The van der Waals surface area contributed by atoms with Crippen LogP contribution in [0.1, 0.15) is 15.9 Å². The first-order chi connectivity index (χ1) is 10.1. The summed E-state index contributed by atoms with van der Waals surface area (Å²) < 4.78 is 15.5. The number of pyridine rings is 1. The van der Waals surface area contributed by atoms with Crippen molar-refractivity contribution < 1.29 is 14.3 Å². The van der Waals surface area contributed by atoms with Crippen LogP contribution in [-0.2, 0) is 0 Å². The highest BCUT2D eigenvalue weighted by Gasteiger charge is 2.15. The average Bonchev–Trinajstić information content (AvgIpc) is 2.90. The fourth-order valence-electron chi connectivity index (χ4n) is 2.14. The van der Waals surface area contributed by atoms with E-state index < -0.39 is 11.8 Å². The van der Waals surface area contributed by atoms with Gasteiger partial charge in [-0.2, -0.15) is 0 Å². The molecule has 0 spiro atoms. The maximum Gasteiger partial charge on any atom is 0.339 e. The summed E-state index contributed by atoms with van der Waals surface area (Å²) in [6.07, 6.45) is 3.08. The Balaban J connectivity index is 2.16. The molecule has 0 aliphatic heterocycles. The molecular formula is C15H12FN3O2. The van der Waals surface area contributed by atoms with Crippen LogP contribution < -0.4 is 5.32 Å². The normalized spacial score (nSPS) is 10.8. The highest BCUT2D eigenvalue weighted by molar-refractivity contribution is 5.95. The lowest BCUT2D eigenvalue weighted by molar-refractivity contribution is 0.0697. The van der Waals surface area contributed by atoms with Gasteiger partial charge in [-0.05, 0) is 36.8 Å². The van der Waals surface area contributed by atoms with Gasteiger partial charge in [0.1, 0.15) is 23.5 Å². The van der Waals surface area contributed by atoms with Gasteiger partial charge < -0.3 is 10.4 Å². The van der Waals surface area contributed by atoms with Crippen LogP contribution in [0, 0.1) is 12.7 Å². The molecule has 1 aromatic carbocycles. The number of benzene rings is 1. The number of fused-ring (bicyclic) bond motifs is 1. The molecule has 0 saturated carbocycles. The summed E-state index contributed by atoms with van der Waals surface area (Å²) in [7, 11) is 0. The molecule has 0 atom stereocenters. The maximum absolute atomic E-state index is 14.0. The van der Waals surface area contributed by atoms with Gasteiger partial charge in [-0.15, -0.1) is 0 Å². The molecule has 0 radical (unpaired) electrons. The third kappa shape index (κ3) is 2.31. The van der Waals surface area contributed by atoms with Crippen molar-refractivity contribution in [2.45, 2.75) is 6.92 Å². The molecule has 21 heavy (non-hydrogen) atoms. The Labute approximate surface area is 119 Å². The Hall–Kier alpha value is -2.89. The van der Waals surface area contributed by atoms with Crippen LogP contribution in [0.15, 0.2) is 42.9 Å². The molecule has 5 nitrogen and oxygen atoms in total. The number of nitrogens with one attached hydrogen (secondary N) is 1. The highest BCUT2D eigenvalue weighted by Crippen LogP contribution is 2.25. The largest absolute Gasteiger partial charge is 0.478 e. The number of nitrogens with zero attached hydrogens (tertiary/aromatic N) is 2. The zero-order chi connectivity index (χ0) is 15.0. The molecule has 2 aromatic heterocycles. The lowest BCUT2D eigenvalue weighted by Crippen LogP contribution is -2.08. The minimum atomic E-state index is -1.10. The van der Waals surface area contributed by atoms with E-state index in [1.807, 2.05) is 0 Å². The predicted octanol–water partition coefficient (Wildman–Crippen LogP) is 3.22. The third-order valence-electron chi connectivity index (χ3n) is 3.19. The van der Waals surface area contributed by atoms with Crippen LogP contribution in [0.2, 0.25) is 0 Å². The van der Waals surface area contributed by atoms with Crippen LogP contribution in [0.25, 0.3) is 5.52 Å². The predicted molar refractivity (Wildman–Crippen MR) is 76.6 cm³/mol. The second-order valence-corrected chi connectivity index (χ2v) is 4.70. The Morgan fingerprint density at radius 2 is 2.14 bits per heavy atom. The van der Waals surface area contributed by atoms with E-state index >= 15 is 0 Å². The number of aryl methyl sites for hydroxylation is 1. The van der Waals surface area contributed by atoms with Crippen molar-refractivity contribution >= 4 is 23.0 Å². The molecule has 0 saturated heterocycles. The van der Waals surface area contributed by atoms with E-state index in [0.717, 1.165) is 11.1 Å². The molecule has 106 valence electrons. The SMILES string of the molecule is Cc1ccc(Nc2c(C(=O)O)ccc3cncn23)c(F)c1. The van der Waals surface area contributed by atoms with Crippen LogP contribution >= 0.6 is 0 Å². The first-order valence-electron chi connectivity index (χ1n) is 6.28. The molecule has 2 N–H and O–H groups in total. The topological polar surface area (TPSA) is 66.6 Å². The van der Waals surface area contributed by atoms with E-state index in [1.54, 1.807) is 35.7 Å². The summed E-state index contributed by atoms with van der Waals surface area (Å²) in [5, 5.41) is 12.1. The molecule has 0 aliphatic rings. The minimum absolute atomic E-state index is 0.0421. The molecule has 2 heterocycles. The zero-order valence-corrected chi connectivity index (χ0v) is 11.2. The van der Waals surface area contributed by atoms with E-state index in [-0.39, 0.29) is 17.1 Å². The Morgan fingerprint density at radius 3 is 2.86 bits per heavy atom. The maximum atomic E-state index is 14.0. The van der Waals surface area contributed by atoms with Gasteiger partial charge in [0.15, 0.2) is 0 Å². The summed E-state index contributed by atoms with van der Waals surface area (Å²) in [4.78, 5) is 15.3. The monoisotopic (exact) mass is 285 g/mol. The molecule has 6 heteroatoms. The molecule has 3 rings (SSSR count). The first-order valence-corrected chi connectivity index (χ1v) is 6.28. The fraction of sp³-hybridized carbons (Fsp3) is 0.0667. The number of carbonyl (C=O) groups is 1. The van der Waals surface area contributed by atoms with E-state index in [2.05, 4.69) is 10.3 Å². The lowest BCUT2D eigenvalue weighted by atomic mass is 10.2. The standard InChI is InChI=1S/C15H12FN3O2/c1-9-2-5-13(12(16)6-9)18-14-11(15(20)21)4-3-10-7-17-8-19(10)14/h2-8,18H,1H3,(H,20,21). The highest BCUT2D eigenvalue weighted by atomic mass is 19.1. The van der Waals surface area contributed by atoms with Crippen molar-refractivity contribution in [1.29, 1.82) is 0 Å². The van der Waals surface area contributed by atoms with Crippen LogP contribution in [-0.4, -0.2) is 20.5 Å². The molecule has 3 aromatic rings. The number of carboxylic acid groups (broad SMARTS) is 1. The second-order valence-electron chi connectivity index (χ2n) is 4.70. The Bertz CT molecular complexity index is 842. The van der Waals surface area contributed by atoms with Gasteiger partial charge >= 0.3 is 5.97 Å². The number of anilines is 2. The number of aromatic carboxylic acids is 1. The molecule has 0 unspecified atom stereocenters. The second kappa shape index (κ2) is 4.90. The summed E-state index contributed by atoms with van der Waals surface area (Å²) >= 11 is 0. The van der Waals surface area contributed by atoms with E-state index in [1.165, 1.54) is 18.5 Å². The van der Waals surface area contributed by atoms with Crippen molar-refractivity contribution in [1.82, 2.24) is 9.38 Å². The number of aromatic nitrogens is 2. The van der Waals surface area contributed by atoms with E-state index in [9.17, 15) is 14.3 Å². The summed E-state index contributed by atoms with van der Waals surface area (Å²) in [5.41, 5.74) is 1.76. The summed E-state index contributed by atoms with van der Waals surface area (Å²) in [6, 6.07) is 7.82. The number of hydrogen-bond acceptors (Lipinski definition) is 3. The van der Waals surface area contributed by atoms with Gasteiger partial charge in [0.25, 0.3) is 0 Å². The zero-order valence-electron chi connectivity index (χ0n) is 11.2. The third-order valence-corrected chi connectivity index (χ3v) is 3.19. The van der Waals surface area contributed by atoms with Crippen molar-refractivity contribution in [3.8, 4) is 0 Å². The van der Waals surface area contributed by atoms with Crippen LogP contribution in [0.4, 0.5) is 15.9 Å². The number of carboxylic acids is 1. The van der Waals surface area contributed by atoms with Crippen molar-refractivity contribution in [2.24, 2.45) is 0 Å².